The molecule has 110 valence electrons. The molecule has 0 saturated heterocycles. The summed E-state index contributed by atoms with van der Waals surface area (Å²) in [5, 5.41) is 0.569. The topological polar surface area (TPSA) is 55.2 Å². The maximum Gasteiger partial charge on any atom is 0.261 e. The van der Waals surface area contributed by atoms with Crippen LogP contribution in [0.25, 0.3) is 10.9 Å². The van der Waals surface area contributed by atoms with E-state index in [1.807, 2.05) is 30.9 Å². The van der Waals surface area contributed by atoms with Gasteiger partial charge in [-0.2, -0.15) is 0 Å². The highest BCUT2D eigenvalue weighted by molar-refractivity contribution is 5.81. The highest BCUT2D eigenvalue weighted by Crippen LogP contribution is 2.26. The maximum absolute atomic E-state index is 12.5. The van der Waals surface area contributed by atoms with Gasteiger partial charge in [0.15, 0.2) is 0 Å². The van der Waals surface area contributed by atoms with Gasteiger partial charge in [0.2, 0.25) is 5.91 Å². The van der Waals surface area contributed by atoms with Crippen LogP contribution in [-0.2, 0) is 11.3 Å². The number of carbonyl (C=O) groups excluding carboxylic acids is 1. The molecule has 0 unspecified atom stereocenters. The summed E-state index contributed by atoms with van der Waals surface area (Å²) in [5.74, 6) is -0.00379. The highest BCUT2D eigenvalue weighted by atomic mass is 16.2. The van der Waals surface area contributed by atoms with E-state index in [9.17, 15) is 9.59 Å². The van der Waals surface area contributed by atoms with Gasteiger partial charge in [0, 0.05) is 12.6 Å². The van der Waals surface area contributed by atoms with Crippen molar-refractivity contribution in [1.29, 1.82) is 0 Å². The van der Waals surface area contributed by atoms with E-state index in [2.05, 4.69) is 4.98 Å². The second-order valence-electron chi connectivity index (χ2n) is 5.56. The molecule has 1 fully saturated rings. The normalized spacial score (nSPS) is 14.4. The lowest BCUT2D eigenvalue weighted by Crippen LogP contribution is -2.37. The van der Waals surface area contributed by atoms with E-state index in [0.29, 0.717) is 23.5 Å². The number of hydrogen-bond acceptors (Lipinski definition) is 3. The summed E-state index contributed by atoms with van der Waals surface area (Å²) < 4.78 is 1.41. The van der Waals surface area contributed by atoms with Crippen LogP contribution < -0.4 is 5.56 Å². The largest absolute Gasteiger partial charge is 0.338 e. The minimum absolute atomic E-state index is 0.00379. The molecule has 1 heterocycles. The molecule has 1 aliphatic rings. The van der Waals surface area contributed by atoms with Crippen molar-refractivity contribution in [3.05, 3.63) is 40.4 Å². The fraction of sp³-hybridized carbons (Fsp3) is 0.438. The SMILES string of the molecule is CCN(C(=O)Cn1cnc2c(C)cccc2c1=O)C1CC1. The fourth-order valence-electron chi connectivity index (χ4n) is 2.71. The van der Waals surface area contributed by atoms with Gasteiger partial charge >= 0.3 is 0 Å². The lowest BCUT2D eigenvalue weighted by molar-refractivity contribution is -0.132. The van der Waals surface area contributed by atoms with Gasteiger partial charge in [0.25, 0.3) is 5.56 Å². The van der Waals surface area contributed by atoms with E-state index in [1.54, 1.807) is 6.07 Å². The van der Waals surface area contributed by atoms with Crippen LogP contribution in [0.4, 0.5) is 0 Å². The Morgan fingerprint density at radius 1 is 1.43 bits per heavy atom. The van der Waals surface area contributed by atoms with E-state index < -0.39 is 0 Å². The first-order valence-corrected chi connectivity index (χ1v) is 7.36. The van der Waals surface area contributed by atoms with Crippen LogP contribution in [0.15, 0.2) is 29.3 Å². The van der Waals surface area contributed by atoms with Gasteiger partial charge in [-0.25, -0.2) is 4.98 Å². The van der Waals surface area contributed by atoms with E-state index in [4.69, 9.17) is 0 Å². The van der Waals surface area contributed by atoms with Crippen LogP contribution in [0, 0.1) is 6.92 Å². The molecule has 3 rings (SSSR count). The Bertz CT molecular complexity index is 747. The predicted octanol–water partition coefficient (Wildman–Crippen LogP) is 1.72. The zero-order valence-corrected chi connectivity index (χ0v) is 12.4. The number of carbonyl (C=O) groups is 1. The van der Waals surface area contributed by atoms with Crippen molar-refractivity contribution < 1.29 is 4.79 Å². The predicted molar refractivity (Wildman–Crippen MR) is 81.1 cm³/mol. The lowest BCUT2D eigenvalue weighted by Gasteiger charge is -2.20. The summed E-state index contributed by atoms with van der Waals surface area (Å²) in [6.45, 7) is 4.66. The fourth-order valence-corrected chi connectivity index (χ4v) is 2.71. The minimum atomic E-state index is -0.149. The average molecular weight is 285 g/mol. The van der Waals surface area contributed by atoms with E-state index >= 15 is 0 Å². The molecule has 0 bridgehead atoms. The molecule has 5 nitrogen and oxygen atoms in total. The minimum Gasteiger partial charge on any atom is -0.338 e. The molecule has 1 aromatic carbocycles. The molecule has 1 aromatic heterocycles. The van der Waals surface area contributed by atoms with Crippen LogP contribution in [0.1, 0.15) is 25.3 Å². The summed E-state index contributed by atoms with van der Waals surface area (Å²) in [7, 11) is 0. The Morgan fingerprint density at radius 2 is 2.19 bits per heavy atom. The van der Waals surface area contributed by atoms with Crippen LogP contribution in [-0.4, -0.2) is 32.9 Å². The molecule has 1 aliphatic carbocycles. The van der Waals surface area contributed by atoms with Crippen molar-refractivity contribution in [2.45, 2.75) is 39.3 Å². The molecule has 2 aromatic rings. The summed E-state index contributed by atoms with van der Waals surface area (Å²) in [4.78, 5) is 31.0. The van der Waals surface area contributed by atoms with E-state index in [1.165, 1.54) is 10.9 Å². The van der Waals surface area contributed by atoms with Crippen LogP contribution in [0.3, 0.4) is 0 Å². The smallest absolute Gasteiger partial charge is 0.261 e. The number of nitrogens with zero attached hydrogens (tertiary/aromatic N) is 3. The van der Waals surface area contributed by atoms with Gasteiger partial charge in [0.05, 0.1) is 17.2 Å². The Labute approximate surface area is 123 Å². The number of fused-ring (bicyclic) bond motifs is 1. The number of likely N-dealkylation sites (N-methyl/N-ethyl adjacent to an activating group) is 1. The number of para-hydroxylation sites is 1. The molecule has 5 heteroatoms. The quantitative estimate of drug-likeness (QED) is 0.859. The first-order chi connectivity index (χ1) is 10.1. The average Bonchev–Trinajstić information content (AvgIpc) is 3.28. The van der Waals surface area contributed by atoms with Gasteiger partial charge in [-0.3, -0.25) is 14.2 Å². The monoisotopic (exact) mass is 285 g/mol. The molecule has 0 aliphatic heterocycles. The van der Waals surface area contributed by atoms with E-state index in [-0.39, 0.29) is 18.0 Å². The standard InChI is InChI=1S/C16H19N3O2/c1-3-19(12-7-8-12)14(20)9-18-10-17-15-11(2)5-4-6-13(15)16(18)21/h4-6,10,12H,3,7-9H2,1-2H3. The van der Waals surface area contributed by atoms with Gasteiger partial charge < -0.3 is 4.90 Å². The van der Waals surface area contributed by atoms with Crippen molar-refractivity contribution in [3.8, 4) is 0 Å². The Kier molecular flexibility index (Phi) is 3.49. The summed E-state index contributed by atoms with van der Waals surface area (Å²) >= 11 is 0. The molecule has 0 spiro atoms. The third-order valence-electron chi connectivity index (χ3n) is 4.01. The third-order valence-corrected chi connectivity index (χ3v) is 4.01. The molecule has 0 N–H and O–H groups in total. The number of aromatic nitrogens is 2. The van der Waals surface area contributed by atoms with Crippen molar-refractivity contribution in [1.82, 2.24) is 14.5 Å². The lowest BCUT2D eigenvalue weighted by atomic mass is 10.1. The number of hydrogen-bond donors (Lipinski definition) is 0. The van der Waals surface area contributed by atoms with Crippen molar-refractivity contribution >= 4 is 16.8 Å². The second-order valence-corrected chi connectivity index (χ2v) is 5.56. The van der Waals surface area contributed by atoms with Crippen LogP contribution >= 0.6 is 0 Å². The molecule has 1 amide bonds. The first kappa shape index (κ1) is 13.8. The number of aryl methyl sites for hydroxylation is 1. The maximum atomic E-state index is 12.5. The van der Waals surface area contributed by atoms with Crippen molar-refractivity contribution in [2.75, 3.05) is 6.54 Å². The highest BCUT2D eigenvalue weighted by Gasteiger charge is 2.31. The molecule has 21 heavy (non-hydrogen) atoms. The summed E-state index contributed by atoms with van der Waals surface area (Å²) in [6, 6.07) is 5.90. The van der Waals surface area contributed by atoms with Gasteiger partial charge in [-0.05, 0) is 38.3 Å². The van der Waals surface area contributed by atoms with Gasteiger partial charge in [-0.1, -0.05) is 12.1 Å². The second kappa shape index (κ2) is 5.31. The zero-order chi connectivity index (χ0) is 15.0. The number of amides is 1. The molecule has 1 saturated carbocycles. The molecular formula is C16H19N3O2. The van der Waals surface area contributed by atoms with Crippen molar-refractivity contribution in [3.63, 3.8) is 0 Å². The number of benzene rings is 1. The Morgan fingerprint density at radius 3 is 2.86 bits per heavy atom. The number of rotatable bonds is 4. The Hall–Kier alpha value is -2.17. The summed E-state index contributed by atoms with van der Waals surface area (Å²) in [5.41, 5.74) is 1.53. The molecule has 0 atom stereocenters. The van der Waals surface area contributed by atoms with E-state index in [0.717, 1.165) is 18.4 Å². The van der Waals surface area contributed by atoms with Crippen molar-refractivity contribution in [2.24, 2.45) is 0 Å². The van der Waals surface area contributed by atoms with Gasteiger partial charge in [0.1, 0.15) is 6.54 Å². The third kappa shape index (κ3) is 2.55. The Balaban J connectivity index is 1.92. The summed E-state index contributed by atoms with van der Waals surface area (Å²) in [6.07, 6.45) is 3.63. The first-order valence-electron chi connectivity index (χ1n) is 7.36. The van der Waals surface area contributed by atoms with Crippen LogP contribution in [0.5, 0.6) is 0 Å². The van der Waals surface area contributed by atoms with Gasteiger partial charge in [-0.15, -0.1) is 0 Å². The zero-order valence-electron chi connectivity index (χ0n) is 12.4. The molecule has 0 radical (unpaired) electrons. The van der Waals surface area contributed by atoms with Crippen LogP contribution in [0.2, 0.25) is 0 Å². The molecular weight excluding hydrogens is 266 g/mol.